The lowest BCUT2D eigenvalue weighted by atomic mass is 10.0. The number of carbonyl (C=O) groups is 1. The van der Waals surface area contributed by atoms with Crippen LogP contribution in [-0.4, -0.2) is 35.5 Å². The van der Waals surface area contributed by atoms with Crippen molar-refractivity contribution in [1.29, 1.82) is 0 Å². The van der Waals surface area contributed by atoms with Gasteiger partial charge in [0.15, 0.2) is 0 Å². The average Bonchev–Trinajstić information content (AvgIpc) is 2.68. The maximum Gasteiger partial charge on any atom is 0.278 e. The van der Waals surface area contributed by atoms with Crippen molar-refractivity contribution in [3.63, 3.8) is 0 Å². The summed E-state index contributed by atoms with van der Waals surface area (Å²) >= 11 is 0. The van der Waals surface area contributed by atoms with Crippen LogP contribution in [0.5, 0.6) is 0 Å². The molecule has 1 aromatic carbocycles. The van der Waals surface area contributed by atoms with Gasteiger partial charge >= 0.3 is 0 Å². The second kappa shape index (κ2) is 6.59. The van der Waals surface area contributed by atoms with E-state index in [1.807, 2.05) is 23.1 Å². The molecule has 2 aliphatic heterocycles. The summed E-state index contributed by atoms with van der Waals surface area (Å²) in [5.74, 6) is 0.824. The second-order valence-corrected chi connectivity index (χ2v) is 6.50. The fraction of sp³-hybridized carbons (Fsp3) is 0.421. The van der Waals surface area contributed by atoms with Gasteiger partial charge in [0.25, 0.3) is 5.91 Å². The lowest BCUT2D eigenvalue weighted by Crippen LogP contribution is -2.36. The van der Waals surface area contributed by atoms with Gasteiger partial charge in [-0.1, -0.05) is 18.2 Å². The van der Waals surface area contributed by atoms with Crippen LogP contribution in [0.1, 0.15) is 41.7 Å². The first-order valence-corrected chi connectivity index (χ1v) is 8.80. The summed E-state index contributed by atoms with van der Waals surface area (Å²) in [6.07, 6.45) is 9.08. The van der Waals surface area contributed by atoms with Crippen LogP contribution in [-0.2, 0) is 6.42 Å². The Morgan fingerprint density at radius 3 is 2.54 bits per heavy atom. The highest BCUT2D eigenvalue weighted by atomic mass is 16.2. The molecule has 1 fully saturated rings. The van der Waals surface area contributed by atoms with Crippen molar-refractivity contribution in [3.05, 3.63) is 47.9 Å². The van der Waals surface area contributed by atoms with E-state index in [1.54, 1.807) is 12.4 Å². The predicted molar refractivity (Wildman–Crippen MR) is 94.5 cm³/mol. The highest BCUT2D eigenvalue weighted by molar-refractivity contribution is 6.05. The molecule has 1 saturated heterocycles. The molecular formula is C19H22N4O. The third-order valence-electron chi connectivity index (χ3n) is 4.89. The number of anilines is 2. The van der Waals surface area contributed by atoms with E-state index in [9.17, 15) is 4.79 Å². The Morgan fingerprint density at radius 1 is 0.917 bits per heavy atom. The number of hydrogen-bond donors (Lipinski definition) is 0. The molecule has 0 bridgehead atoms. The summed E-state index contributed by atoms with van der Waals surface area (Å²) in [5, 5.41) is 0. The number of hydrogen-bond acceptors (Lipinski definition) is 4. The van der Waals surface area contributed by atoms with E-state index in [4.69, 9.17) is 0 Å². The monoisotopic (exact) mass is 322 g/mol. The van der Waals surface area contributed by atoms with Crippen LogP contribution < -0.4 is 9.80 Å². The highest BCUT2D eigenvalue weighted by Gasteiger charge is 2.24. The Bertz CT molecular complexity index is 722. The van der Waals surface area contributed by atoms with Gasteiger partial charge in [-0.2, -0.15) is 0 Å². The van der Waals surface area contributed by atoms with Crippen molar-refractivity contribution in [1.82, 2.24) is 9.97 Å². The summed E-state index contributed by atoms with van der Waals surface area (Å²) in [5.41, 5.74) is 2.66. The fourth-order valence-electron chi connectivity index (χ4n) is 3.60. The number of aryl methyl sites for hydroxylation is 1. The summed E-state index contributed by atoms with van der Waals surface area (Å²) in [6, 6.07) is 8.12. The van der Waals surface area contributed by atoms with E-state index >= 15 is 0 Å². The van der Waals surface area contributed by atoms with Crippen LogP contribution in [0.4, 0.5) is 11.5 Å². The molecule has 2 aromatic rings. The molecule has 5 heteroatoms. The van der Waals surface area contributed by atoms with Crippen LogP contribution in [0.25, 0.3) is 0 Å². The number of fused-ring (bicyclic) bond motifs is 1. The van der Waals surface area contributed by atoms with Crippen molar-refractivity contribution in [3.8, 4) is 0 Å². The zero-order valence-corrected chi connectivity index (χ0v) is 13.8. The fourth-order valence-corrected chi connectivity index (χ4v) is 3.60. The molecule has 24 heavy (non-hydrogen) atoms. The van der Waals surface area contributed by atoms with E-state index in [-0.39, 0.29) is 5.91 Å². The number of benzene rings is 1. The lowest BCUT2D eigenvalue weighted by molar-refractivity contribution is 0.0980. The smallest absolute Gasteiger partial charge is 0.278 e. The molecule has 4 rings (SSSR count). The SMILES string of the molecule is O=C(c1cnc(N2CCCCC2)cn1)N1CCCc2ccccc21. The lowest BCUT2D eigenvalue weighted by Gasteiger charge is -2.29. The largest absolute Gasteiger partial charge is 0.355 e. The van der Waals surface area contributed by atoms with Crippen molar-refractivity contribution >= 4 is 17.4 Å². The van der Waals surface area contributed by atoms with Crippen molar-refractivity contribution in [2.75, 3.05) is 29.4 Å². The number of amides is 1. The van der Waals surface area contributed by atoms with Crippen molar-refractivity contribution in [2.24, 2.45) is 0 Å². The molecule has 0 saturated carbocycles. The zero-order chi connectivity index (χ0) is 16.4. The average molecular weight is 322 g/mol. The van der Waals surface area contributed by atoms with Crippen LogP contribution >= 0.6 is 0 Å². The van der Waals surface area contributed by atoms with Gasteiger partial charge in [-0.15, -0.1) is 0 Å². The molecule has 5 nitrogen and oxygen atoms in total. The summed E-state index contributed by atoms with van der Waals surface area (Å²) in [4.78, 5) is 25.8. The van der Waals surface area contributed by atoms with Gasteiger partial charge in [-0.3, -0.25) is 4.79 Å². The first-order chi connectivity index (χ1) is 11.8. The molecule has 2 aliphatic rings. The molecule has 0 N–H and O–H groups in total. The summed E-state index contributed by atoms with van der Waals surface area (Å²) in [7, 11) is 0. The van der Waals surface area contributed by atoms with Gasteiger partial charge in [-0.25, -0.2) is 9.97 Å². The number of nitrogens with zero attached hydrogens (tertiary/aromatic N) is 4. The van der Waals surface area contributed by atoms with E-state index in [2.05, 4.69) is 20.9 Å². The predicted octanol–water partition coefficient (Wildman–Crippen LogP) is 3.06. The van der Waals surface area contributed by atoms with E-state index in [0.717, 1.165) is 44.0 Å². The Kier molecular flexibility index (Phi) is 4.15. The zero-order valence-electron chi connectivity index (χ0n) is 13.8. The van der Waals surface area contributed by atoms with E-state index in [0.29, 0.717) is 5.69 Å². The van der Waals surface area contributed by atoms with Gasteiger partial charge in [-0.05, 0) is 43.7 Å². The summed E-state index contributed by atoms with van der Waals surface area (Å²) < 4.78 is 0. The molecule has 1 amide bonds. The maximum absolute atomic E-state index is 12.9. The first-order valence-electron chi connectivity index (χ1n) is 8.80. The number of para-hydroxylation sites is 1. The molecule has 0 aliphatic carbocycles. The number of aromatic nitrogens is 2. The number of piperidine rings is 1. The molecule has 0 atom stereocenters. The van der Waals surface area contributed by atoms with Gasteiger partial charge in [0.2, 0.25) is 0 Å². The van der Waals surface area contributed by atoms with Crippen LogP contribution in [0.3, 0.4) is 0 Å². The second-order valence-electron chi connectivity index (χ2n) is 6.50. The van der Waals surface area contributed by atoms with Gasteiger partial charge < -0.3 is 9.80 Å². The third kappa shape index (κ3) is 2.86. The standard InChI is InChI=1S/C19H22N4O/c24-19(23-12-6-8-15-7-2-3-9-17(15)23)16-13-21-18(14-20-16)22-10-4-1-5-11-22/h2-3,7,9,13-14H,1,4-6,8,10-12H2. The number of carbonyl (C=O) groups excluding carboxylic acids is 1. The third-order valence-corrected chi connectivity index (χ3v) is 4.89. The quantitative estimate of drug-likeness (QED) is 0.852. The molecular weight excluding hydrogens is 300 g/mol. The Balaban J connectivity index is 1.55. The Morgan fingerprint density at radius 2 is 1.75 bits per heavy atom. The first kappa shape index (κ1) is 15.1. The van der Waals surface area contributed by atoms with Crippen LogP contribution in [0, 0.1) is 0 Å². The Hall–Kier alpha value is -2.43. The van der Waals surface area contributed by atoms with Gasteiger partial charge in [0.05, 0.1) is 12.4 Å². The minimum Gasteiger partial charge on any atom is -0.355 e. The molecule has 0 unspecified atom stereocenters. The topological polar surface area (TPSA) is 49.3 Å². The maximum atomic E-state index is 12.9. The van der Waals surface area contributed by atoms with E-state index < -0.39 is 0 Å². The molecule has 0 radical (unpaired) electrons. The Labute approximate surface area is 142 Å². The normalized spacial score (nSPS) is 17.5. The van der Waals surface area contributed by atoms with Crippen molar-refractivity contribution < 1.29 is 4.79 Å². The van der Waals surface area contributed by atoms with E-state index in [1.165, 1.54) is 24.8 Å². The number of rotatable bonds is 2. The van der Waals surface area contributed by atoms with Gasteiger partial charge in [0.1, 0.15) is 11.5 Å². The molecule has 3 heterocycles. The van der Waals surface area contributed by atoms with Crippen LogP contribution in [0.15, 0.2) is 36.7 Å². The van der Waals surface area contributed by atoms with Crippen molar-refractivity contribution in [2.45, 2.75) is 32.1 Å². The molecule has 124 valence electrons. The highest BCUT2D eigenvalue weighted by Crippen LogP contribution is 2.28. The van der Waals surface area contributed by atoms with Crippen LogP contribution in [0.2, 0.25) is 0 Å². The molecule has 1 aromatic heterocycles. The minimum absolute atomic E-state index is 0.0557. The van der Waals surface area contributed by atoms with Gasteiger partial charge in [0, 0.05) is 25.3 Å². The summed E-state index contributed by atoms with van der Waals surface area (Å²) in [6.45, 7) is 2.80. The molecule has 0 spiro atoms. The minimum atomic E-state index is -0.0557.